The van der Waals surface area contributed by atoms with Crippen LogP contribution in [-0.4, -0.2) is 34.5 Å². The number of morpholine rings is 1. The van der Waals surface area contributed by atoms with Gasteiger partial charge in [-0.1, -0.05) is 6.92 Å². The molecule has 14 heavy (non-hydrogen) atoms. The predicted octanol–water partition coefficient (Wildman–Crippen LogP) is 0.0384. The van der Waals surface area contributed by atoms with Gasteiger partial charge in [0.25, 0.3) is 0 Å². The van der Waals surface area contributed by atoms with Gasteiger partial charge in [0.15, 0.2) is 5.82 Å². The van der Waals surface area contributed by atoms with Crippen LogP contribution in [0.2, 0.25) is 0 Å². The first-order valence-electron chi connectivity index (χ1n) is 5.02. The third-order valence-electron chi connectivity index (χ3n) is 2.39. The van der Waals surface area contributed by atoms with E-state index in [4.69, 9.17) is 4.74 Å². The van der Waals surface area contributed by atoms with Gasteiger partial charge in [-0.3, -0.25) is 4.68 Å². The van der Waals surface area contributed by atoms with Gasteiger partial charge < -0.3 is 10.1 Å². The smallest absolute Gasteiger partial charge is 0.150 e. The van der Waals surface area contributed by atoms with E-state index in [0.29, 0.717) is 6.61 Å². The maximum absolute atomic E-state index is 5.39. The lowest BCUT2D eigenvalue weighted by Gasteiger charge is -2.22. The van der Waals surface area contributed by atoms with Gasteiger partial charge in [0.2, 0.25) is 0 Å². The Bertz CT molecular complexity index is 304. The number of aryl methyl sites for hydroxylation is 2. The average molecular weight is 196 g/mol. The van der Waals surface area contributed by atoms with Gasteiger partial charge in [-0.05, 0) is 0 Å². The third-order valence-corrected chi connectivity index (χ3v) is 2.39. The SMILES string of the molecule is CCc1nc(C2COCCN2)n(C)n1. The maximum Gasteiger partial charge on any atom is 0.150 e. The van der Waals surface area contributed by atoms with Crippen molar-refractivity contribution in [1.29, 1.82) is 0 Å². The van der Waals surface area contributed by atoms with E-state index >= 15 is 0 Å². The fourth-order valence-corrected chi connectivity index (χ4v) is 1.64. The van der Waals surface area contributed by atoms with Crippen molar-refractivity contribution in [1.82, 2.24) is 20.1 Å². The molecule has 0 radical (unpaired) electrons. The first kappa shape index (κ1) is 9.61. The second kappa shape index (κ2) is 4.06. The van der Waals surface area contributed by atoms with Crippen LogP contribution in [0.25, 0.3) is 0 Å². The van der Waals surface area contributed by atoms with Crippen molar-refractivity contribution >= 4 is 0 Å². The van der Waals surface area contributed by atoms with Crippen molar-refractivity contribution in [3.05, 3.63) is 11.6 Å². The standard InChI is InChI=1S/C9H16N4O/c1-3-8-11-9(13(2)12-8)7-6-14-5-4-10-7/h7,10H,3-6H2,1-2H3. The molecule has 5 heteroatoms. The van der Waals surface area contributed by atoms with Crippen LogP contribution in [0.3, 0.4) is 0 Å². The van der Waals surface area contributed by atoms with Crippen molar-refractivity contribution in [3.8, 4) is 0 Å². The van der Waals surface area contributed by atoms with Crippen LogP contribution in [-0.2, 0) is 18.2 Å². The Morgan fingerprint density at radius 2 is 2.50 bits per heavy atom. The zero-order chi connectivity index (χ0) is 9.97. The van der Waals surface area contributed by atoms with Crippen molar-refractivity contribution in [2.45, 2.75) is 19.4 Å². The number of hydrogen-bond acceptors (Lipinski definition) is 4. The molecule has 78 valence electrons. The minimum absolute atomic E-state index is 0.196. The highest BCUT2D eigenvalue weighted by Gasteiger charge is 2.20. The number of nitrogens with zero attached hydrogens (tertiary/aromatic N) is 3. The molecule has 0 amide bonds. The summed E-state index contributed by atoms with van der Waals surface area (Å²) in [5.74, 6) is 1.87. The van der Waals surface area contributed by atoms with Crippen molar-refractivity contribution < 1.29 is 4.74 Å². The predicted molar refractivity (Wildman–Crippen MR) is 51.9 cm³/mol. The van der Waals surface area contributed by atoms with Gasteiger partial charge in [-0.25, -0.2) is 4.98 Å². The third kappa shape index (κ3) is 1.78. The lowest BCUT2D eigenvalue weighted by atomic mass is 10.2. The number of nitrogens with one attached hydrogen (secondary N) is 1. The summed E-state index contributed by atoms with van der Waals surface area (Å²) in [7, 11) is 1.93. The summed E-state index contributed by atoms with van der Waals surface area (Å²) in [6, 6.07) is 0.196. The number of hydrogen-bond donors (Lipinski definition) is 1. The highest BCUT2D eigenvalue weighted by atomic mass is 16.5. The Morgan fingerprint density at radius 3 is 3.07 bits per heavy atom. The molecule has 0 aliphatic carbocycles. The highest BCUT2D eigenvalue weighted by Crippen LogP contribution is 2.12. The minimum Gasteiger partial charge on any atom is -0.378 e. The van der Waals surface area contributed by atoms with E-state index in [9.17, 15) is 0 Å². The number of rotatable bonds is 2. The second-order valence-electron chi connectivity index (χ2n) is 3.45. The van der Waals surface area contributed by atoms with Crippen LogP contribution in [0.1, 0.15) is 24.6 Å². The highest BCUT2D eigenvalue weighted by molar-refractivity contribution is 4.99. The normalized spacial score (nSPS) is 22.6. The van der Waals surface area contributed by atoms with Gasteiger partial charge in [-0.15, -0.1) is 0 Å². The van der Waals surface area contributed by atoms with Crippen LogP contribution in [0.4, 0.5) is 0 Å². The molecule has 0 bridgehead atoms. The van der Waals surface area contributed by atoms with Crippen LogP contribution < -0.4 is 5.32 Å². The van der Waals surface area contributed by atoms with E-state index < -0.39 is 0 Å². The zero-order valence-corrected chi connectivity index (χ0v) is 8.66. The van der Waals surface area contributed by atoms with Crippen molar-refractivity contribution in [2.24, 2.45) is 7.05 Å². The molecular weight excluding hydrogens is 180 g/mol. The van der Waals surface area contributed by atoms with Gasteiger partial charge in [0.05, 0.1) is 19.3 Å². The van der Waals surface area contributed by atoms with Crippen molar-refractivity contribution in [3.63, 3.8) is 0 Å². The molecule has 1 fully saturated rings. The molecule has 1 aliphatic heterocycles. The zero-order valence-electron chi connectivity index (χ0n) is 8.66. The van der Waals surface area contributed by atoms with Gasteiger partial charge >= 0.3 is 0 Å². The van der Waals surface area contributed by atoms with E-state index in [1.807, 2.05) is 11.7 Å². The van der Waals surface area contributed by atoms with E-state index in [1.54, 1.807) is 0 Å². The summed E-state index contributed by atoms with van der Waals surface area (Å²) in [5.41, 5.74) is 0. The molecule has 1 atom stereocenters. The first-order chi connectivity index (χ1) is 6.81. The lowest BCUT2D eigenvalue weighted by Crippen LogP contribution is -2.36. The molecule has 0 aromatic carbocycles. The summed E-state index contributed by atoms with van der Waals surface area (Å²) in [5, 5.41) is 7.68. The fraction of sp³-hybridized carbons (Fsp3) is 0.778. The maximum atomic E-state index is 5.39. The molecule has 1 aliphatic rings. The van der Waals surface area contributed by atoms with Crippen LogP contribution in [0.5, 0.6) is 0 Å². The molecule has 1 N–H and O–H groups in total. The largest absolute Gasteiger partial charge is 0.378 e. The number of aromatic nitrogens is 3. The molecule has 1 unspecified atom stereocenters. The summed E-state index contributed by atoms with van der Waals surface area (Å²) in [6.45, 7) is 4.42. The van der Waals surface area contributed by atoms with E-state index in [1.165, 1.54) is 0 Å². The van der Waals surface area contributed by atoms with Crippen LogP contribution in [0.15, 0.2) is 0 Å². The molecule has 1 aromatic rings. The minimum atomic E-state index is 0.196. The molecule has 5 nitrogen and oxygen atoms in total. The molecular formula is C9H16N4O. The average Bonchev–Trinajstić information content (AvgIpc) is 2.61. The topological polar surface area (TPSA) is 52.0 Å². The Labute approximate surface area is 83.5 Å². The first-order valence-corrected chi connectivity index (χ1v) is 5.02. The van der Waals surface area contributed by atoms with Crippen LogP contribution in [0, 0.1) is 0 Å². The lowest BCUT2D eigenvalue weighted by molar-refractivity contribution is 0.0730. The van der Waals surface area contributed by atoms with E-state index in [0.717, 1.165) is 31.2 Å². The Kier molecular flexibility index (Phi) is 2.79. The number of ether oxygens (including phenoxy) is 1. The Morgan fingerprint density at radius 1 is 1.64 bits per heavy atom. The molecule has 1 aromatic heterocycles. The molecule has 0 spiro atoms. The molecule has 1 saturated heterocycles. The van der Waals surface area contributed by atoms with E-state index in [-0.39, 0.29) is 6.04 Å². The Hall–Kier alpha value is -0.940. The van der Waals surface area contributed by atoms with Crippen molar-refractivity contribution in [2.75, 3.05) is 19.8 Å². The van der Waals surface area contributed by atoms with Gasteiger partial charge in [-0.2, -0.15) is 5.10 Å². The second-order valence-corrected chi connectivity index (χ2v) is 3.45. The van der Waals surface area contributed by atoms with Gasteiger partial charge in [0.1, 0.15) is 5.82 Å². The summed E-state index contributed by atoms with van der Waals surface area (Å²) in [4.78, 5) is 4.46. The summed E-state index contributed by atoms with van der Waals surface area (Å²) >= 11 is 0. The van der Waals surface area contributed by atoms with Crippen LogP contribution >= 0.6 is 0 Å². The fourth-order valence-electron chi connectivity index (χ4n) is 1.64. The monoisotopic (exact) mass is 196 g/mol. The van der Waals surface area contributed by atoms with Gasteiger partial charge in [0, 0.05) is 20.0 Å². The van der Waals surface area contributed by atoms with E-state index in [2.05, 4.69) is 22.3 Å². The Balaban J connectivity index is 2.17. The molecule has 2 rings (SSSR count). The molecule has 2 heterocycles. The summed E-state index contributed by atoms with van der Waals surface area (Å²) in [6.07, 6.45) is 0.876. The molecule has 0 saturated carbocycles. The summed E-state index contributed by atoms with van der Waals surface area (Å²) < 4.78 is 7.23. The quantitative estimate of drug-likeness (QED) is 0.725.